The second kappa shape index (κ2) is 3.59. The number of thioether (sulfide) groups is 1. The average molecular weight is 225 g/mol. The van der Waals surface area contributed by atoms with E-state index in [-0.39, 0.29) is 11.1 Å². The van der Waals surface area contributed by atoms with E-state index in [2.05, 4.69) is 5.32 Å². The molecule has 0 aliphatic carbocycles. The quantitative estimate of drug-likeness (QED) is 0.746. The molecule has 1 aromatic rings. The van der Waals surface area contributed by atoms with Crippen molar-refractivity contribution in [3.63, 3.8) is 0 Å². The molecule has 3 nitrogen and oxygen atoms in total. The van der Waals surface area contributed by atoms with Crippen molar-refractivity contribution < 1.29 is 9.59 Å². The van der Waals surface area contributed by atoms with Gasteiger partial charge in [0.05, 0.1) is 4.91 Å². The van der Waals surface area contributed by atoms with Crippen molar-refractivity contribution in [3.05, 3.63) is 26.8 Å². The minimum atomic E-state index is -0.298. The molecule has 0 unspecified atom stereocenters. The summed E-state index contributed by atoms with van der Waals surface area (Å²) in [6, 6.07) is 1.98. The van der Waals surface area contributed by atoms with Crippen molar-refractivity contribution in [1.82, 2.24) is 5.32 Å². The van der Waals surface area contributed by atoms with Gasteiger partial charge < -0.3 is 0 Å². The van der Waals surface area contributed by atoms with Gasteiger partial charge in [0.2, 0.25) is 0 Å². The van der Waals surface area contributed by atoms with Gasteiger partial charge in [-0.05, 0) is 41.8 Å². The Morgan fingerprint density at radius 1 is 1.43 bits per heavy atom. The van der Waals surface area contributed by atoms with Gasteiger partial charge in [0.15, 0.2) is 0 Å². The summed E-state index contributed by atoms with van der Waals surface area (Å²) in [5.74, 6) is -0.298. The second-order valence-corrected chi connectivity index (χ2v) is 4.78. The molecule has 5 heteroatoms. The number of imide groups is 1. The Bertz CT molecular complexity index is 434. The van der Waals surface area contributed by atoms with E-state index in [0.29, 0.717) is 4.91 Å². The van der Waals surface area contributed by atoms with Crippen LogP contribution in [0.4, 0.5) is 4.79 Å². The number of thiophene rings is 1. The molecule has 0 spiro atoms. The molecule has 1 aliphatic rings. The highest BCUT2D eigenvalue weighted by Gasteiger charge is 2.25. The van der Waals surface area contributed by atoms with E-state index in [1.165, 1.54) is 0 Å². The molecule has 2 amide bonds. The number of nitrogens with one attached hydrogen (secondary N) is 1. The predicted molar refractivity (Wildman–Crippen MR) is 58.2 cm³/mol. The lowest BCUT2D eigenvalue weighted by Crippen LogP contribution is -2.17. The summed E-state index contributed by atoms with van der Waals surface area (Å²) >= 11 is 2.51. The average Bonchev–Trinajstić information content (AvgIpc) is 2.62. The van der Waals surface area contributed by atoms with Gasteiger partial charge in [-0.25, -0.2) is 0 Å². The molecular formula is C9H7NO2S2. The summed E-state index contributed by atoms with van der Waals surface area (Å²) in [4.78, 5) is 23.6. The van der Waals surface area contributed by atoms with Crippen LogP contribution in [0.3, 0.4) is 0 Å². The van der Waals surface area contributed by atoms with Crippen LogP contribution in [0.2, 0.25) is 0 Å². The van der Waals surface area contributed by atoms with Crippen molar-refractivity contribution in [2.75, 3.05) is 0 Å². The normalized spacial score (nSPS) is 19.1. The fourth-order valence-corrected chi connectivity index (χ4v) is 2.67. The lowest BCUT2D eigenvalue weighted by Gasteiger charge is -1.91. The number of carbonyl (C=O) groups excluding carboxylic acids is 2. The molecule has 1 N–H and O–H groups in total. The van der Waals surface area contributed by atoms with Crippen molar-refractivity contribution >= 4 is 40.3 Å². The molecule has 0 saturated carbocycles. The number of hydrogen-bond acceptors (Lipinski definition) is 4. The molecule has 2 rings (SSSR count). The van der Waals surface area contributed by atoms with E-state index in [0.717, 1.165) is 22.2 Å². The largest absolute Gasteiger partial charge is 0.290 e. The van der Waals surface area contributed by atoms with Gasteiger partial charge in [0, 0.05) is 4.88 Å². The first kappa shape index (κ1) is 9.48. The highest BCUT2D eigenvalue weighted by Crippen LogP contribution is 2.28. The monoisotopic (exact) mass is 225 g/mol. The zero-order chi connectivity index (χ0) is 10.1. The van der Waals surface area contributed by atoms with Crippen LogP contribution in [0.25, 0.3) is 6.08 Å². The first-order chi connectivity index (χ1) is 6.66. The molecule has 1 fully saturated rings. The number of amides is 2. The van der Waals surface area contributed by atoms with Crippen LogP contribution >= 0.6 is 23.1 Å². The minimum Gasteiger partial charge on any atom is -0.282 e. The molecule has 72 valence electrons. The maximum Gasteiger partial charge on any atom is 0.290 e. The lowest BCUT2D eigenvalue weighted by atomic mass is 10.3. The standard InChI is InChI=1S/C9H7NO2S2/c1-5-2-3-13-6(5)4-7-8(11)10-9(12)14-7/h2-4H,1H3,(H,10,11,12)/b7-4+. The summed E-state index contributed by atoms with van der Waals surface area (Å²) in [6.07, 6.45) is 1.75. The topological polar surface area (TPSA) is 46.2 Å². The molecule has 1 saturated heterocycles. The maximum absolute atomic E-state index is 11.2. The van der Waals surface area contributed by atoms with Gasteiger partial charge in [-0.15, -0.1) is 11.3 Å². The Morgan fingerprint density at radius 2 is 2.21 bits per heavy atom. The van der Waals surface area contributed by atoms with Gasteiger partial charge in [0.1, 0.15) is 0 Å². The van der Waals surface area contributed by atoms with E-state index in [1.807, 2.05) is 18.4 Å². The van der Waals surface area contributed by atoms with Gasteiger partial charge >= 0.3 is 0 Å². The Kier molecular flexibility index (Phi) is 2.43. The summed E-state index contributed by atoms with van der Waals surface area (Å²) in [7, 11) is 0. The van der Waals surface area contributed by atoms with Crippen molar-refractivity contribution in [2.24, 2.45) is 0 Å². The summed E-state index contributed by atoms with van der Waals surface area (Å²) in [5, 5.41) is 3.88. The fraction of sp³-hybridized carbons (Fsp3) is 0.111. The smallest absolute Gasteiger partial charge is 0.282 e. The van der Waals surface area contributed by atoms with E-state index in [1.54, 1.807) is 17.4 Å². The van der Waals surface area contributed by atoms with Crippen LogP contribution in [0.1, 0.15) is 10.4 Å². The van der Waals surface area contributed by atoms with Crippen LogP contribution in [0, 0.1) is 6.92 Å². The SMILES string of the molecule is Cc1ccsc1/C=C1/SC(=O)NC1=O. The fourth-order valence-electron chi connectivity index (χ4n) is 1.07. The van der Waals surface area contributed by atoms with E-state index in [4.69, 9.17) is 0 Å². The van der Waals surface area contributed by atoms with E-state index < -0.39 is 0 Å². The minimum absolute atomic E-state index is 0.296. The third kappa shape index (κ3) is 1.73. The molecule has 1 aromatic heterocycles. The van der Waals surface area contributed by atoms with Gasteiger partial charge in [-0.2, -0.15) is 0 Å². The zero-order valence-electron chi connectivity index (χ0n) is 7.37. The Balaban J connectivity index is 2.32. The molecule has 1 aliphatic heterocycles. The van der Waals surface area contributed by atoms with Crippen LogP contribution in [-0.4, -0.2) is 11.1 Å². The van der Waals surface area contributed by atoms with Crippen LogP contribution in [0.5, 0.6) is 0 Å². The van der Waals surface area contributed by atoms with Crippen molar-refractivity contribution in [3.8, 4) is 0 Å². The van der Waals surface area contributed by atoms with E-state index >= 15 is 0 Å². The lowest BCUT2D eigenvalue weighted by molar-refractivity contribution is -0.115. The summed E-state index contributed by atoms with van der Waals surface area (Å²) < 4.78 is 0. The third-order valence-electron chi connectivity index (χ3n) is 1.81. The molecule has 2 heterocycles. The molecule has 0 bridgehead atoms. The molecule has 0 aromatic carbocycles. The number of carbonyl (C=O) groups is 2. The summed E-state index contributed by atoms with van der Waals surface area (Å²) in [5.41, 5.74) is 1.12. The van der Waals surface area contributed by atoms with Crippen LogP contribution < -0.4 is 5.32 Å². The highest BCUT2D eigenvalue weighted by molar-refractivity contribution is 8.18. The number of rotatable bonds is 1. The van der Waals surface area contributed by atoms with Crippen molar-refractivity contribution in [1.29, 1.82) is 0 Å². The first-order valence-electron chi connectivity index (χ1n) is 3.96. The van der Waals surface area contributed by atoms with E-state index in [9.17, 15) is 9.59 Å². The predicted octanol–water partition coefficient (Wildman–Crippen LogP) is 2.38. The van der Waals surface area contributed by atoms with Gasteiger partial charge in [-0.1, -0.05) is 0 Å². The van der Waals surface area contributed by atoms with Gasteiger partial charge in [0.25, 0.3) is 11.1 Å². The van der Waals surface area contributed by atoms with Crippen molar-refractivity contribution in [2.45, 2.75) is 6.92 Å². The zero-order valence-corrected chi connectivity index (χ0v) is 9.00. The maximum atomic E-state index is 11.2. The highest BCUT2D eigenvalue weighted by atomic mass is 32.2. The molecular weight excluding hydrogens is 218 g/mol. The first-order valence-corrected chi connectivity index (χ1v) is 5.65. The third-order valence-corrected chi connectivity index (χ3v) is 3.58. The van der Waals surface area contributed by atoms with Gasteiger partial charge in [-0.3, -0.25) is 14.9 Å². The molecule has 0 atom stereocenters. The molecule has 0 radical (unpaired) electrons. The second-order valence-electron chi connectivity index (χ2n) is 2.82. The number of aryl methyl sites for hydroxylation is 1. The summed E-state index contributed by atoms with van der Waals surface area (Å²) in [6.45, 7) is 1.97. The van der Waals surface area contributed by atoms with Crippen LogP contribution in [-0.2, 0) is 4.79 Å². The Hall–Kier alpha value is -1.07. The molecule has 14 heavy (non-hydrogen) atoms. The Labute approximate surface area is 89.2 Å². The van der Waals surface area contributed by atoms with Crippen LogP contribution in [0.15, 0.2) is 16.4 Å². The number of hydrogen-bond donors (Lipinski definition) is 1. The Morgan fingerprint density at radius 3 is 2.71 bits per heavy atom.